The SMILES string of the molecule is O=C(O)C1(C(=O)c2ccccc2Br)CCCCC1. The van der Waals surface area contributed by atoms with E-state index in [1.807, 2.05) is 6.07 Å². The average molecular weight is 311 g/mol. The van der Waals surface area contributed by atoms with Crippen LogP contribution in [0.4, 0.5) is 0 Å². The highest BCUT2D eigenvalue weighted by Crippen LogP contribution is 2.40. The van der Waals surface area contributed by atoms with Crippen molar-refractivity contribution in [3.8, 4) is 0 Å². The lowest BCUT2D eigenvalue weighted by Gasteiger charge is -2.31. The summed E-state index contributed by atoms with van der Waals surface area (Å²) in [5.41, 5.74) is -0.746. The third-order valence-electron chi connectivity index (χ3n) is 3.67. The standard InChI is InChI=1S/C14H15BrO3/c15-11-7-3-2-6-10(11)12(16)14(13(17)18)8-4-1-5-9-14/h2-3,6-7H,1,4-5,8-9H2,(H,17,18). The van der Waals surface area contributed by atoms with Gasteiger partial charge in [0.25, 0.3) is 0 Å². The zero-order valence-electron chi connectivity index (χ0n) is 9.99. The first-order valence-corrected chi connectivity index (χ1v) is 6.90. The lowest BCUT2D eigenvalue weighted by Crippen LogP contribution is -2.41. The Labute approximate surface area is 114 Å². The van der Waals surface area contributed by atoms with Crippen LogP contribution in [0, 0.1) is 5.41 Å². The molecule has 0 saturated heterocycles. The molecule has 0 bridgehead atoms. The summed E-state index contributed by atoms with van der Waals surface area (Å²) in [6.07, 6.45) is 3.52. The number of hydrogen-bond acceptors (Lipinski definition) is 2. The predicted octanol–water partition coefficient (Wildman–Crippen LogP) is 3.67. The molecule has 1 saturated carbocycles. The molecule has 4 heteroatoms. The van der Waals surface area contributed by atoms with E-state index in [2.05, 4.69) is 15.9 Å². The van der Waals surface area contributed by atoms with Gasteiger partial charge in [-0.1, -0.05) is 53.4 Å². The maximum Gasteiger partial charge on any atom is 0.317 e. The van der Waals surface area contributed by atoms with Crippen LogP contribution in [0.25, 0.3) is 0 Å². The van der Waals surface area contributed by atoms with E-state index in [0.717, 1.165) is 19.3 Å². The largest absolute Gasteiger partial charge is 0.480 e. The predicted molar refractivity (Wildman–Crippen MR) is 71.6 cm³/mol. The van der Waals surface area contributed by atoms with Crippen LogP contribution in [0.3, 0.4) is 0 Å². The molecule has 0 unspecified atom stereocenters. The lowest BCUT2D eigenvalue weighted by molar-refractivity contribution is -0.147. The zero-order valence-corrected chi connectivity index (χ0v) is 11.6. The van der Waals surface area contributed by atoms with E-state index in [1.54, 1.807) is 18.2 Å². The molecule has 0 heterocycles. The number of carboxylic acids is 1. The second-order valence-electron chi connectivity index (χ2n) is 4.76. The highest BCUT2D eigenvalue weighted by molar-refractivity contribution is 9.10. The molecule has 3 nitrogen and oxygen atoms in total. The molecule has 1 N–H and O–H groups in total. The van der Waals surface area contributed by atoms with Gasteiger partial charge in [0.2, 0.25) is 0 Å². The lowest BCUT2D eigenvalue weighted by atomic mass is 9.69. The van der Waals surface area contributed by atoms with Gasteiger partial charge in [-0.05, 0) is 18.9 Å². The van der Waals surface area contributed by atoms with Crippen LogP contribution in [-0.2, 0) is 4.79 Å². The summed E-state index contributed by atoms with van der Waals surface area (Å²) in [7, 11) is 0. The molecule has 1 aliphatic carbocycles. The first-order valence-electron chi connectivity index (χ1n) is 6.11. The Bertz CT molecular complexity index is 476. The van der Waals surface area contributed by atoms with Crippen molar-refractivity contribution in [2.24, 2.45) is 5.41 Å². The van der Waals surface area contributed by atoms with Crippen molar-refractivity contribution in [3.63, 3.8) is 0 Å². The molecule has 18 heavy (non-hydrogen) atoms. The average Bonchev–Trinajstić information content (AvgIpc) is 2.39. The molecule has 0 spiro atoms. The number of carbonyl (C=O) groups excluding carboxylic acids is 1. The van der Waals surface area contributed by atoms with Crippen LogP contribution in [0.2, 0.25) is 0 Å². The number of aliphatic carboxylic acids is 1. The number of Topliss-reactive ketones (excluding diaryl/α,β-unsaturated/α-hetero) is 1. The topological polar surface area (TPSA) is 54.4 Å². The molecule has 1 aromatic rings. The second kappa shape index (κ2) is 5.22. The van der Waals surface area contributed by atoms with Crippen LogP contribution < -0.4 is 0 Å². The van der Waals surface area contributed by atoms with Crippen LogP contribution in [0.1, 0.15) is 42.5 Å². The van der Waals surface area contributed by atoms with E-state index >= 15 is 0 Å². The summed E-state index contributed by atoms with van der Waals surface area (Å²) in [5, 5.41) is 9.48. The van der Waals surface area contributed by atoms with Gasteiger partial charge in [0.1, 0.15) is 5.41 Å². The number of carboxylic acid groups (broad SMARTS) is 1. The van der Waals surface area contributed by atoms with E-state index in [-0.39, 0.29) is 5.78 Å². The van der Waals surface area contributed by atoms with Crippen molar-refractivity contribution in [1.82, 2.24) is 0 Å². The molecule has 96 valence electrons. The van der Waals surface area contributed by atoms with Crippen molar-refractivity contribution in [2.45, 2.75) is 32.1 Å². The normalized spacial score (nSPS) is 18.3. The van der Waals surface area contributed by atoms with Crippen LogP contribution in [0.15, 0.2) is 28.7 Å². The van der Waals surface area contributed by atoms with Crippen molar-refractivity contribution in [2.75, 3.05) is 0 Å². The minimum Gasteiger partial charge on any atom is -0.480 e. The minimum absolute atomic E-state index is 0.262. The molecule has 1 aromatic carbocycles. The highest BCUT2D eigenvalue weighted by atomic mass is 79.9. The van der Waals surface area contributed by atoms with Crippen molar-refractivity contribution in [1.29, 1.82) is 0 Å². The Morgan fingerprint density at radius 3 is 2.28 bits per heavy atom. The van der Waals surface area contributed by atoms with Gasteiger partial charge in [-0.2, -0.15) is 0 Å². The molecule has 0 atom stereocenters. The van der Waals surface area contributed by atoms with Gasteiger partial charge < -0.3 is 5.11 Å². The number of hydrogen-bond donors (Lipinski definition) is 1. The first-order chi connectivity index (χ1) is 8.58. The number of halogens is 1. The third kappa shape index (κ3) is 2.21. The van der Waals surface area contributed by atoms with Gasteiger partial charge in [0, 0.05) is 10.0 Å². The number of carbonyl (C=O) groups is 2. The summed E-state index contributed by atoms with van der Waals surface area (Å²) in [6.45, 7) is 0. The highest BCUT2D eigenvalue weighted by Gasteiger charge is 2.47. The van der Waals surface area contributed by atoms with Gasteiger partial charge >= 0.3 is 5.97 Å². The molecule has 0 radical (unpaired) electrons. The van der Waals surface area contributed by atoms with Crippen LogP contribution >= 0.6 is 15.9 Å². The first kappa shape index (κ1) is 13.3. The monoisotopic (exact) mass is 310 g/mol. The summed E-state index contributed by atoms with van der Waals surface area (Å²) >= 11 is 3.32. The summed E-state index contributed by atoms with van der Waals surface area (Å²) in [5.74, 6) is -1.25. The van der Waals surface area contributed by atoms with Gasteiger partial charge in [0.15, 0.2) is 5.78 Å². The van der Waals surface area contributed by atoms with Crippen molar-refractivity contribution in [3.05, 3.63) is 34.3 Å². The van der Waals surface area contributed by atoms with Gasteiger partial charge in [-0.3, -0.25) is 9.59 Å². The minimum atomic E-state index is -1.22. The molecule has 1 aliphatic rings. The smallest absolute Gasteiger partial charge is 0.317 e. The molecule has 0 aromatic heterocycles. The fourth-order valence-corrected chi connectivity index (χ4v) is 3.06. The Morgan fingerprint density at radius 2 is 1.72 bits per heavy atom. The molecule has 0 amide bonds. The fraction of sp³-hybridized carbons (Fsp3) is 0.429. The summed E-state index contributed by atoms with van der Waals surface area (Å²) in [4.78, 5) is 24.1. The number of ketones is 1. The summed E-state index contributed by atoms with van der Waals surface area (Å²) in [6, 6.07) is 7.03. The van der Waals surface area contributed by atoms with Gasteiger partial charge in [0.05, 0.1) is 0 Å². The Balaban J connectivity index is 2.41. The van der Waals surface area contributed by atoms with Crippen molar-refractivity contribution < 1.29 is 14.7 Å². The Kier molecular flexibility index (Phi) is 3.85. The number of rotatable bonds is 3. The molecule has 0 aliphatic heterocycles. The van der Waals surface area contributed by atoms with Crippen LogP contribution in [0.5, 0.6) is 0 Å². The van der Waals surface area contributed by atoms with E-state index in [0.29, 0.717) is 22.9 Å². The second-order valence-corrected chi connectivity index (χ2v) is 5.61. The molecular weight excluding hydrogens is 296 g/mol. The zero-order chi connectivity index (χ0) is 13.2. The molecule has 2 rings (SSSR count). The van der Waals surface area contributed by atoms with Gasteiger partial charge in [-0.15, -0.1) is 0 Å². The van der Waals surface area contributed by atoms with Crippen LogP contribution in [-0.4, -0.2) is 16.9 Å². The maximum atomic E-state index is 12.6. The third-order valence-corrected chi connectivity index (χ3v) is 4.36. The van der Waals surface area contributed by atoms with Crippen molar-refractivity contribution >= 4 is 27.7 Å². The van der Waals surface area contributed by atoms with E-state index in [9.17, 15) is 14.7 Å². The number of benzene rings is 1. The Hall–Kier alpha value is -1.16. The fourth-order valence-electron chi connectivity index (χ4n) is 2.60. The Morgan fingerprint density at radius 1 is 1.11 bits per heavy atom. The maximum absolute atomic E-state index is 12.6. The quantitative estimate of drug-likeness (QED) is 0.684. The molecule has 1 fully saturated rings. The van der Waals surface area contributed by atoms with Gasteiger partial charge in [-0.25, -0.2) is 0 Å². The summed E-state index contributed by atoms with van der Waals surface area (Å²) < 4.78 is 0.668. The van der Waals surface area contributed by atoms with E-state index in [4.69, 9.17) is 0 Å². The van der Waals surface area contributed by atoms with E-state index in [1.165, 1.54) is 0 Å². The van der Waals surface area contributed by atoms with E-state index < -0.39 is 11.4 Å². The molecular formula is C14H15BrO3.